The minimum absolute atomic E-state index is 0.817. The van der Waals surface area contributed by atoms with Crippen molar-refractivity contribution in [3.8, 4) is 0 Å². The lowest BCUT2D eigenvalue weighted by molar-refractivity contribution is -0.605. The van der Waals surface area contributed by atoms with E-state index in [9.17, 15) is 5.21 Å². The zero-order chi connectivity index (χ0) is 8.55. The van der Waals surface area contributed by atoms with Gasteiger partial charge in [0.25, 0.3) is 0 Å². The van der Waals surface area contributed by atoms with Crippen LogP contribution < -0.4 is 4.73 Å². The molecule has 0 amide bonds. The van der Waals surface area contributed by atoms with E-state index in [1.54, 1.807) is 6.20 Å². The summed E-state index contributed by atoms with van der Waals surface area (Å²) in [5.74, 6) is 0. The van der Waals surface area contributed by atoms with Crippen molar-refractivity contribution in [3.05, 3.63) is 53.0 Å². The summed E-state index contributed by atoms with van der Waals surface area (Å²) in [5, 5.41) is 10.9. The Hall–Kier alpha value is -1.57. The molecule has 0 aromatic carbocycles. The van der Waals surface area contributed by atoms with Gasteiger partial charge in [0.2, 0.25) is 0 Å². The fraction of sp³-hybridized carbons (Fsp3) is 0.100. The van der Waals surface area contributed by atoms with Crippen LogP contribution in [0.1, 0.15) is 11.1 Å². The van der Waals surface area contributed by atoms with Gasteiger partial charge in [0.15, 0.2) is 12.4 Å². The van der Waals surface area contributed by atoms with E-state index in [1.807, 2.05) is 18.2 Å². The number of allylic oxidation sites excluding steroid dienone is 2. The molecule has 2 nitrogen and oxygen atoms in total. The molecular weight excluding hydrogens is 150 g/mol. The van der Waals surface area contributed by atoms with Gasteiger partial charge in [-0.25, -0.2) is 0 Å². The maximum absolute atomic E-state index is 10.9. The van der Waals surface area contributed by atoms with Crippen LogP contribution in [0, 0.1) is 5.21 Å². The third-order valence-corrected chi connectivity index (χ3v) is 1.98. The zero-order valence-corrected chi connectivity index (χ0v) is 6.66. The van der Waals surface area contributed by atoms with Crippen LogP contribution in [0.3, 0.4) is 0 Å². The number of nitrogens with zero attached hydrogens (tertiary/aromatic N) is 1. The van der Waals surface area contributed by atoms with Gasteiger partial charge in [-0.05, 0) is 18.1 Å². The minimum atomic E-state index is 0.817. The zero-order valence-electron chi connectivity index (χ0n) is 6.66. The Morgan fingerprint density at radius 2 is 2.25 bits per heavy atom. The third-order valence-electron chi connectivity index (χ3n) is 1.98. The highest BCUT2D eigenvalue weighted by atomic mass is 16.5. The largest absolute Gasteiger partial charge is 0.619 e. The minimum Gasteiger partial charge on any atom is -0.619 e. The van der Waals surface area contributed by atoms with Crippen molar-refractivity contribution in [2.75, 3.05) is 0 Å². The molecular formula is C10H9NO. The molecule has 2 rings (SSSR count). The van der Waals surface area contributed by atoms with Crippen LogP contribution in [-0.2, 0) is 6.42 Å². The Balaban J connectivity index is 2.54. The average molecular weight is 159 g/mol. The van der Waals surface area contributed by atoms with Crippen molar-refractivity contribution < 1.29 is 4.73 Å². The maximum Gasteiger partial charge on any atom is 0.187 e. The van der Waals surface area contributed by atoms with Gasteiger partial charge in [0.1, 0.15) is 0 Å². The van der Waals surface area contributed by atoms with Crippen molar-refractivity contribution in [1.82, 2.24) is 0 Å². The smallest absolute Gasteiger partial charge is 0.187 e. The molecule has 1 aromatic rings. The third kappa shape index (κ3) is 1.11. The Kier molecular flexibility index (Phi) is 1.47. The Labute approximate surface area is 71.0 Å². The normalized spacial score (nSPS) is 14.5. The first-order valence-corrected chi connectivity index (χ1v) is 3.83. The lowest BCUT2D eigenvalue weighted by Gasteiger charge is -2.10. The lowest BCUT2D eigenvalue weighted by Crippen LogP contribution is -2.25. The van der Waals surface area contributed by atoms with Crippen molar-refractivity contribution in [1.29, 1.82) is 0 Å². The highest BCUT2D eigenvalue weighted by molar-refractivity contribution is 5.59. The topological polar surface area (TPSA) is 26.9 Å². The Morgan fingerprint density at radius 3 is 3.08 bits per heavy atom. The van der Waals surface area contributed by atoms with Crippen molar-refractivity contribution in [3.63, 3.8) is 0 Å². The van der Waals surface area contributed by atoms with Crippen LogP contribution in [0.25, 0.3) is 6.08 Å². The molecule has 0 unspecified atom stereocenters. The van der Waals surface area contributed by atoms with Crippen LogP contribution >= 0.6 is 0 Å². The molecule has 1 heterocycles. The molecule has 0 N–H and O–H groups in total. The summed E-state index contributed by atoms with van der Waals surface area (Å²) in [4.78, 5) is 0. The molecule has 0 fully saturated rings. The first-order chi connectivity index (χ1) is 5.75. The highest BCUT2D eigenvalue weighted by Crippen LogP contribution is 2.19. The van der Waals surface area contributed by atoms with E-state index in [4.69, 9.17) is 0 Å². The number of pyridine rings is 1. The molecule has 1 aliphatic rings. The molecule has 1 aromatic heterocycles. The fourth-order valence-electron chi connectivity index (χ4n) is 1.34. The molecule has 0 saturated heterocycles. The number of fused-ring (bicyclic) bond motifs is 1. The summed E-state index contributed by atoms with van der Waals surface area (Å²) >= 11 is 0. The second-order valence-corrected chi connectivity index (χ2v) is 2.95. The molecule has 0 spiro atoms. The summed E-state index contributed by atoms with van der Waals surface area (Å²) in [7, 11) is 0. The molecule has 0 aliphatic heterocycles. The molecule has 0 radical (unpaired) electrons. The monoisotopic (exact) mass is 159 g/mol. The number of hydrogen-bond donors (Lipinski definition) is 0. The van der Waals surface area contributed by atoms with E-state index in [-0.39, 0.29) is 0 Å². The number of hydrogen-bond acceptors (Lipinski definition) is 1. The Morgan fingerprint density at radius 1 is 1.42 bits per heavy atom. The van der Waals surface area contributed by atoms with E-state index >= 15 is 0 Å². The second kappa shape index (κ2) is 2.48. The molecule has 12 heavy (non-hydrogen) atoms. The number of aromatic nitrogens is 1. The fourth-order valence-corrected chi connectivity index (χ4v) is 1.34. The van der Waals surface area contributed by atoms with Crippen LogP contribution in [-0.4, -0.2) is 0 Å². The second-order valence-electron chi connectivity index (χ2n) is 2.95. The molecule has 60 valence electrons. The van der Waals surface area contributed by atoms with Crippen molar-refractivity contribution >= 4 is 6.08 Å². The summed E-state index contributed by atoms with van der Waals surface area (Å²) < 4.78 is 0.817. The maximum atomic E-state index is 10.9. The molecule has 2 heteroatoms. The molecule has 0 bridgehead atoms. The van der Waals surface area contributed by atoms with Gasteiger partial charge in [-0.2, -0.15) is 4.73 Å². The first-order valence-electron chi connectivity index (χ1n) is 3.83. The standard InChI is InChI=1S/C10H9NO/c1-8-2-3-10-7-11(12)5-4-9(10)6-8/h2-5,7H,1,6H2. The van der Waals surface area contributed by atoms with E-state index in [0.29, 0.717) is 0 Å². The summed E-state index contributed by atoms with van der Waals surface area (Å²) in [5.41, 5.74) is 3.26. The van der Waals surface area contributed by atoms with E-state index in [2.05, 4.69) is 6.58 Å². The van der Waals surface area contributed by atoms with E-state index in [1.165, 1.54) is 11.8 Å². The summed E-state index contributed by atoms with van der Waals surface area (Å²) in [6, 6.07) is 1.84. The van der Waals surface area contributed by atoms with Gasteiger partial charge in [-0.1, -0.05) is 18.2 Å². The average Bonchev–Trinajstić information content (AvgIpc) is 2.05. The molecule has 1 aliphatic carbocycles. The lowest BCUT2D eigenvalue weighted by atomic mass is 9.97. The predicted molar refractivity (Wildman–Crippen MR) is 47.3 cm³/mol. The molecule has 0 atom stereocenters. The van der Waals surface area contributed by atoms with Crippen LogP contribution in [0.15, 0.2) is 36.7 Å². The number of rotatable bonds is 0. The van der Waals surface area contributed by atoms with Crippen molar-refractivity contribution in [2.45, 2.75) is 6.42 Å². The van der Waals surface area contributed by atoms with Gasteiger partial charge in [0.05, 0.1) is 0 Å². The SMILES string of the molecule is C=C1C=Cc2c[n+]([O-])ccc2C1. The Bertz CT molecular complexity index is 366. The predicted octanol–water partition coefficient (Wildman–Crippen LogP) is 1.45. The van der Waals surface area contributed by atoms with E-state index in [0.717, 1.165) is 22.3 Å². The van der Waals surface area contributed by atoms with Gasteiger partial charge >= 0.3 is 0 Å². The van der Waals surface area contributed by atoms with Crippen LogP contribution in [0.2, 0.25) is 0 Å². The summed E-state index contributed by atoms with van der Waals surface area (Å²) in [6.07, 6.45) is 7.83. The quantitative estimate of drug-likeness (QED) is 0.415. The van der Waals surface area contributed by atoms with Crippen LogP contribution in [0.5, 0.6) is 0 Å². The highest BCUT2D eigenvalue weighted by Gasteiger charge is 2.08. The molecule has 0 saturated carbocycles. The van der Waals surface area contributed by atoms with Crippen LogP contribution in [0.4, 0.5) is 0 Å². The first kappa shape index (κ1) is 7.10. The van der Waals surface area contributed by atoms with Gasteiger partial charge in [-0.3, -0.25) is 0 Å². The van der Waals surface area contributed by atoms with Gasteiger partial charge in [0, 0.05) is 11.6 Å². The van der Waals surface area contributed by atoms with Gasteiger partial charge in [-0.15, -0.1) is 0 Å². The summed E-state index contributed by atoms with van der Waals surface area (Å²) in [6.45, 7) is 3.86. The van der Waals surface area contributed by atoms with E-state index < -0.39 is 0 Å². The van der Waals surface area contributed by atoms with Gasteiger partial charge < -0.3 is 5.21 Å². The van der Waals surface area contributed by atoms with Crippen molar-refractivity contribution in [2.24, 2.45) is 0 Å².